The first-order chi connectivity index (χ1) is 15.5. The molecule has 0 saturated carbocycles. The zero-order valence-corrected chi connectivity index (χ0v) is 18.1. The second-order valence-corrected chi connectivity index (χ2v) is 6.84. The van der Waals surface area contributed by atoms with E-state index in [4.69, 9.17) is 9.47 Å². The summed E-state index contributed by atoms with van der Waals surface area (Å²) in [6.45, 7) is 1.87. The maximum atomic E-state index is 11.5. The van der Waals surface area contributed by atoms with Crippen LogP contribution in [-0.4, -0.2) is 47.2 Å². The maximum absolute atomic E-state index is 11.5. The number of hydrogen-bond donors (Lipinski definition) is 0. The summed E-state index contributed by atoms with van der Waals surface area (Å²) in [7, 11) is 4.75. The summed E-state index contributed by atoms with van der Waals surface area (Å²) in [4.78, 5) is 30.6. The standard InChI is InChI=1S/C23H21N5O4/c1-14-26-18-8-6-5-7-17(18)22(27-14)28(2)15-9-10-19(30-3)20(11-15)32-16-12-24-21(25-13-16)23(29)31-4/h5-13H,1-4H3. The van der Waals surface area contributed by atoms with Crippen molar-refractivity contribution in [3.8, 4) is 17.2 Å². The molecule has 0 bridgehead atoms. The number of nitrogens with zero attached hydrogens (tertiary/aromatic N) is 5. The highest BCUT2D eigenvalue weighted by Crippen LogP contribution is 2.37. The number of para-hydroxylation sites is 1. The van der Waals surface area contributed by atoms with Gasteiger partial charge in [-0.25, -0.2) is 24.7 Å². The Bertz CT molecular complexity index is 1280. The Morgan fingerprint density at radius 1 is 0.969 bits per heavy atom. The van der Waals surface area contributed by atoms with Gasteiger partial charge in [0.1, 0.15) is 11.6 Å². The van der Waals surface area contributed by atoms with Crippen LogP contribution in [0.25, 0.3) is 10.9 Å². The van der Waals surface area contributed by atoms with E-state index in [0.717, 1.165) is 22.4 Å². The normalized spacial score (nSPS) is 10.6. The van der Waals surface area contributed by atoms with Gasteiger partial charge in [0.25, 0.3) is 0 Å². The molecule has 0 aliphatic rings. The van der Waals surface area contributed by atoms with Gasteiger partial charge in [-0.15, -0.1) is 0 Å². The van der Waals surface area contributed by atoms with Gasteiger partial charge >= 0.3 is 5.97 Å². The Hall–Kier alpha value is -4.27. The second-order valence-electron chi connectivity index (χ2n) is 6.84. The fourth-order valence-corrected chi connectivity index (χ4v) is 3.20. The smallest absolute Gasteiger partial charge is 0.376 e. The fourth-order valence-electron chi connectivity index (χ4n) is 3.20. The number of aryl methyl sites for hydroxylation is 1. The highest BCUT2D eigenvalue weighted by Gasteiger charge is 2.16. The van der Waals surface area contributed by atoms with Gasteiger partial charge in [0.2, 0.25) is 5.82 Å². The van der Waals surface area contributed by atoms with Crippen LogP contribution < -0.4 is 14.4 Å². The molecule has 2 heterocycles. The van der Waals surface area contributed by atoms with Gasteiger partial charge in [-0.3, -0.25) is 0 Å². The molecular formula is C23H21N5O4. The first-order valence-corrected chi connectivity index (χ1v) is 9.73. The van der Waals surface area contributed by atoms with Crippen molar-refractivity contribution in [2.24, 2.45) is 0 Å². The summed E-state index contributed by atoms with van der Waals surface area (Å²) in [5, 5.41) is 0.936. The third-order valence-electron chi connectivity index (χ3n) is 4.77. The summed E-state index contributed by atoms with van der Waals surface area (Å²) in [5.41, 5.74) is 1.70. The monoisotopic (exact) mass is 431 g/mol. The number of carbonyl (C=O) groups excluding carboxylic acids is 1. The fraction of sp³-hybridized carbons (Fsp3) is 0.174. The van der Waals surface area contributed by atoms with Crippen LogP contribution >= 0.6 is 0 Å². The first kappa shape index (κ1) is 21.0. The minimum Gasteiger partial charge on any atom is -0.493 e. The highest BCUT2D eigenvalue weighted by atomic mass is 16.5. The van der Waals surface area contributed by atoms with E-state index in [1.807, 2.05) is 55.3 Å². The van der Waals surface area contributed by atoms with Gasteiger partial charge in [-0.2, -0.15) is 0 Å². The van der Waals surface area contributed by atoms with Crippen molar-refractivity contribution in [3.05, 3.63) is 66.5 Å². The number of fused-ring (bicyclic) bond motifs is 1. The zero-order valence-electron chi connectivity index (χ0n) is 18.1. The molecule has 4 rings (SSSR count). The van der Waals surface area contributed by atoms with Gasteiger partial charge in [0.05, 0.1) is 32.1 Å². The molecule has 0 spiro atoms. The van der Waals surface area contributed by atoms with Gasteiger partial charge in [-0.05, 0) is 31.2 Å². The molecule has 0 fully saturated rings. The van der Waals surface area contributed by atoms with Crippen molar-refractivity contribution < 1.29 is 19.0 Å². The first-order valence-electron chi connectivity index (χ1n) is 9.73. The molecule has 0 amide bonds. The molecule has 162 valence electrons. The lowest BCUT2D eigenvalue weighted by molar-refractivity contribution is 0.0586. The Labute approximate surface area is 184 Å². The molecule has 0 aliphatic heterocycles. The molecule has 2 aromatic carbocycles. The van der Waals surface area contributed by atoms with Crippen LogP contribution in [0.4, 0.5) is 11.5 Å². The molecule has 9 nitrogen and oxygen atoms in total. The van der Waals surface area contributed by atoms with E-state index < -0.39 is 5.97 Å². The number of rotatable bonds is 6. The molecular weight excluding hydrogens is 410 g/mol. The van der Waals surface area contributed by atoms with Crippen molar-refractivity contribution in [3.63, 3.8) is 0 Å². The minimum absolute atomic E-state index is 0.0497. The Balaban J connectivity index is 1.69. The van der Waals surface area contributed by atoms with Gasteiger partial charge in [0.15, 0.2) is 17.2 Å². The summed E-state index contributed by atoms with van der Waals surface area (Å²) in [6, 6.07) is 13.4. The number of hydrogen-bond acceptors (Lipinski definition) is 9. The molecule has 32 heavy (non-hydrogen) atoms. The number of anilines is 2. The minimum atomic E-state index is -0.620. The van der Waals surface area contributed by atoms with E-state index in [0.29, 0.717) is 23.1 Å². The van der Waals surface area contributed by atoms with Crippen LogP contribution in [0.2, 0.25) is 0 Å². The highest BCUT2D eigenvalue weighted by molar-refractivity contribution is 5.91. The number of benzene rings is 2. The largest absolute Gasteiger partial charge is 0.493 e. The third-order valence-corrected chi connectivity index (χ3v) is 4.77. The zero-order chi connectivity index (χ0) is 22.7. The van der Waals surface area contributed by atoms with Crippen LogP contribution in [0, 0.1) is 6.92 Å². The van der Waals surface area contributed by atoms with E-state index in [-0.39, 0.29) is 5.82 Å². The molecule has 0 saturated heterocycles. The Kier molecular flexibility index (Phi) is 5.80. The molecule has 0 unspecified atom stereocenters. The van der Waals surface area contributed by atoms with E-state index in [2.05, 4.69) is 24.7 Å². The Morgan fingerprint density at radius 2 is 1.72 bits per heavy atom. The van der Waals surface area contributed by atoms with E-state index in [1.165, 1.54) is 19.5 Å². The van der Waals surface area contributed by atoms with Crippen LogP contribution in [0.1, 0.15) is 16.4 Å². The number of aromatic nitrogens is 4. The molecule has 9 heteroatoms. The molecule has 0 aliphatic carbocycles. The number of methoxy groups -OCH3 is 2. The molecule has 0 atom stereocenters. The maximum Gasteiger partial charge on any atom is 0.376 e. The lowest BCUT2D eigenvalue weighted by atomic mass is 10.2. The Morgan fingerprint density at radius 3 is 2.44 bits per heavy atom. The SMILES string of the molecule is COC(=O)c1ncc(Oc2cc(N(C)c3nc(C)nc4ccccc34)ccc2OC)cn1. The van der Waals surface area contributed by atoms with Gasteiger partial charge in [0, 0.05) is 24.2 Å². The van der Waals surface area contributed by atoms with Crippen molar-refractivity contribution in [2.75, 3.05) is 26.2 Å². The molecule has 0 radical (unpaired) electrons. The van der Waals surface area contributed by atoms with Crippen molar-refractivity contribution in [1.29, 1.82) is 0 Å². The van der Waals surface area contributed by atoms with Crippen LogP contribution in [-0.2, 0) is 4.74 Å². The predicted molar refractivity (Wildman–Crippen MR) is 119 cm³/mol. The molecule has 4 aromatic rings. The average molecular weight is 431 g/mol. The topological polar surface area (TPSA) is 99.6 Å². The van der Waals surface area contributed by atoms with E-state index in [9.17, 15) is 4.79 Å². The molecule has 2 aromatic heterocycles. The van der Waals surface area contributed by atoms with Crippen LogP contribution in [0.15, 0.2) is 54.9 Å². The summed E-state index contributed by atoms with van der Waals surface area (Å²) in [5.74, 6) is 2.12. The van der Waals surface area contributed by atoms with E-state index >= 15 is 0 Å². The van der Waals surface area contributed by atoms with Crippen LogP contribution in [0.3, 0.4) is 0 Å². The number of carbonyl (C=O) groups is 1. The van der Waals surface area contributed by atoms with Crippen LogP contribution in [0.5, 0.6) is 17.2 Å². The summed E-state index contributed by atoms with van der Waals surface area (Å²) in [6.07, 6.45) is 2.80. The van der Waals surface area contributed by atoms with E-state index in [1.54, 1.807) is 13.2 Å². The number of ether oxygens (including phenoxy) is 3. The second kappa shape index (κ2) is 8.84. The summed E-state index contributed by atoms with van der Waals surface area (Å²) >= 11 is 0. The lowest BCUT2D eigenvalue weighted by Crippen LogP contribution is -2.13. The average Bonchev–Trinajstić information content (AvgIpc) is 2.83. The quantitative estimate of drug-likeness (QED) is 0.418. The lowest BCUT2D eigenvalue weighted by Gasteiger charge is -2.22. The predicted octanol–water partition coefficient (Wildman–Crippen LogP) is 4.08. The molecule has 0 N–H and O–H groups in total. The summed E-state index contributed by atoms with van der Waals surface area (Å²) < 4.78 is 16.0. The third kappa shape index (κ3) is 4.13. The van der Waals surface area contributed by atoms with Crippen molar-refractivity contribution in [2.45, 2.75) is 6.92 Å². The van der Waals surface area contributed by atoms with Crippen molar-refractivity contribution >= 4 is 28.4 Å². The van der Waals surface area contributed by atoms with Gasteiger partial charge < -0.3 is 19.1 Å². The van der Waals surface area contributed by atoms with Crippen molar-refractivity contribution in [1.82, 2.24) is 19.9 Å². The number of esters is 1. The van der Waals surface area contributed by atoms with Gasteiger partial charge in [-0.1, -0.05) is 12.1 Å².